The summed E-state index contributed by atoms with van der Waals surface area (Å²) in [5.41, 5.74) is 15.0. The molecule has 2 aromatic rings. The summed E-state index contributed by atoms with van der Waals surface area (Å²) >= 11 is 0. The van der Waals surface area contributed by atoms with Gasteiger partial charge in [-0.2, -0.15) is 0 Å². The third-order valence-corrected chi connectivity index (χ3v) is 16.6. The van der Waals surface area contributed by atoms with Gasteiger partial charge in [-0.15, -0.1) is 0 Å². The summed E-state index contributed by atoms with van der Waals surface area (Å²) in [7, 11) is 0. The average Bonchev–Trinajstić information content (AvgIpc) is 3.37. The molecule has 4 heteroatoms. The van der Waals surface area contributed by atoms with Gasteiger partial charge >= 0.3 is 0 Å². The molecule has 4 nitrogen and oxygen atoms in total. The summed E-state index contributed by atoms with van der Waals surface area (Å²) in [6, 6.07) is 17.5. The van der Waals surface area contributed by atoms with E-state index in [2.05, 4.69) is 125 Å². The molecule has 2 fully saturated rings. The zero-order valence-corrected chi connectivity index (χ0v) is 37.2. The topological polar surface area (TPSA) is 48.5 Å². The smallest absolute Gasteiger partial charge is 0.127 e. The van der Waals surface area contributed by atoms with Crippen LogP contribution >= 0.6 is 0 Å². The minimum atomic E-state index is 0.172. The van der Waals surface area contributed by atoms with E-state index < -0.39 is 0 Å². The van der Waals surface area contributed by atoms with Crippen LogP contribution in [0, 0.1) is 23.7 Å². The van der Waals surface area contributed by atoms with Gasteiger partial charge in [-0.05, 0) is 183 Å². The Hall–Kier alpha value is -4.25. The molecule has 0 bridgehead atoms. The largest absolute Gasteiger partial charge is 0.354 e. The Labute approximate surface area is 372 Å². The van der Waals surface area contributed by atoms with Gasteiger partial charge in [0.25, 0.3) is 0 Å². The molecule has 11 rings (SSSR count). The van der Waals surface area contributed by atoms with Gasteiger partial charge in [-0.3, -0.25) is 5.32 Å². The van der Waals surface area contributed by atoms with Crippen LogP contribution in [0.5, 0.6) is 0 Å². The summed E-state index contributed by atoms with van der Waals surface area (Å²) < 4.78 is 0. The summed E-state index contributed by atoms with van der Waals surface area (Å²) in [4.78, 5) is 5.62. The fraction of sp³-hybridized carbons (Fsp3) is 0.500. The number of benzene rings is 2. The first kappa shape index (κ1) is 40.5. The van der Waals surface area contributed by atoms with Crippen molar-refractivity contribution >= 4 is 5.84 Å². The van der Waals surface area contributed by atoms with Gasteiger partial charge in [0.15, 0.2) is 0 Å². The third-order valence-electron chi connectivity index (χ3n) is 16.6. The van der Waals surface area contributed by atoms with Crippen molar-refractivity contribution in [3.8, 4) is 11.1 Å². The Morgan fingerprint density at radius 2 is 1.53 bits per heavy atom. The summed E-state index contributed by atoms with van der Waals surface area (Å²) in [6.07, 6.45) is 52.2. The minimum Gasteiger partial charge on any atom is -0.354 e. The quantitative estimate of drug-likeness (QED) is 0.233. The van der Waals surface area contributed by atoms with Gasteiger partial charge in [-0.25, -0.2) is 4.99 Å². The predicted octanol–water partition coefficient (Wildman–Crippen LogP) is 13.0. The Bertz CT molecular complexity index is 2270. The van der Waals surface area contributed by atoms with E-state index in [1.165, 1.54) is 134 Å². The Morgan fingerprint density at radius 3 is 2.40 bits per heavy atom. The molecule has 2 aliphatic heterocycles. The lowest BCUT2D eigenvalue weighted by atomic mass is 9.71. The number of amidine groups is 1. The van der Waals surface area contributed by atoms with Crippen molar-refractivity contribution in [2.45, 2.75) is 159 Å². The first-order valence-corrected chi connectivity index (χ1v) is 25.3. The standard InChI is InChI=1S/C58H70N4/c1-5-16-39(17-6-1)49-37-54(41-19-7-2-8-20-41)59-55(38-49)47-26-15-25-44(35-47)52-33-31-48(36-53(52)46-30-32-51-45(34-46)29-28-40-18-13-14-27-50(40)51)58-61-56(42-21-9-3-10-22-42)60-57(62-58)43-23-11-4-12-24-43/h1,3,5-6,9,13-14,16,18-19,26-27,30-35,39,42-43,49,53-57,59-60H,2,4,7-8,10-12,15,17,20-25,28-29,36-38H2,(H,61,62). The lowest BCUT2D eigenvalue weighted by Gasteiger charge is -2.42. The number of aryl methyl sites for hydroxylation is 2. The van der Waals surface area contributed by atoms with Crippen LogP contribution < -0.4 is 16.0 Å². The Morgan fingerprint density at radius 1 is 0.629 bits per heavy atom. The van der Waals surface area contributed by atoms with Crippen molar-refractivity contribution < 1.29 is 0 Å². The zero-order valence-electron chi connectivity index (χ0n) is 37.2. The first-order chi connectivity index (χ1) is 30.7. The number of rotatable bonds is 8. The summed E-state index contributed by atoms with van der Waals surface area (Å²) in [5, 5.41) is 12.5. The lowest BCUT2D eigenvalue weighted by Crippen LogP contribution is -2.59. The molecule has 1 saturated heterocycles. The highest BCUT2D eigenvalue weighted by atomic mass is 15.3. The van der Waals surface area contributed by atoms with E-state index in [1.54, 1.807) is 11.1 Å². The number of fused-ring (bicyclic) bond motifs is 3. The normalized spacial score (nSPS) is 32.5. The highest BCUT2D eigenvalue weighted by molar-refractivity contribution is 6.00. The van der Waals surface area contributed by atoms with Crippen molar-refractivity contribution in [2.24, 2.45) is 28.7 Å². The van der Waals surface area contributed by atoms with Gasteiger partial charge < -0.3 is 10.6 Å². The van der Waals surface area contributed by atoms with Crippen molar-refractivity contribution in [3.05, 3.63) is 154 Å². The van der Waals surface area contributed by atoms with Gasteiger partial charge in [0.05, 0.1) is 6.17 Å². The second-order valence-electron chi connectivity index (χ2n) is 20.5. The number of piperidine rings is 1. The maximum Gasteiger partial charge on any atom is 0.127 e. The van der Waals surface area contributed by atoms with Gasteiger partial charge in [0, 0.05) is 18.0 Å². The molecule has 2 heterocycles. The fourth-order valence-electron chi connectivity index (χ4n) is 13.2. The molecule has 8 unspecified atom stereocenters. The average molecular weight is 823 g/mol. The molecule has 322 valence electrons. The number of hydrogen-bond acceptors (Lipinski definition) is 4. The van der Waals surface area contributed by atoms with Gasteiger partial charge in [0.2, 0.25) is 0 Å². The van der Waals surface area contributed by atoms with Gasteiger partial charge in [0.1, 0.15) is 12.0 Å². The van der Waals surface area contributed by atoms with Crippen LogP contribution in [-0.4, -0.2) is 30.3 Å². The maximum atomic E-state index is 5.62. The predicted molar refractivity (Wildman–Crippen MR) is 259 cm³/mol. The SMILES string of the molecule is C1=CCC(C2CC(C3=CCCC(C4=CC=C(C5=NC(C6CC=CCC6)NC(C6CCCCC6)N5)CC4c4ccc5c(c4)CCc4ccccc4-5)=C3)NC(C3=CCCCC3)C2)C=C1. The van der Waals surface area contributed by atoms with E-state index in [9.17, 15) is 0 Å². The second-order valence-corrected chi connectivity index (χ2v) is 20.5. The van der Waals surface area contributed by atoms with E-state index in [0.717, 1.165) is 44.4 Å². The molecule has 2 aromatic carbocycles. The molecular weight excluding hydrogens is 753 g/mol. The molecule has 1 saturated carbocycles. The van der Waals surface area contributed by atoms with Crippen molar-refractivity contribution in [3.63, 3.8) is 0 Å². The Kier molecular flexibility index (Phi) is 12.1. The highest BCUT2D eigenvalue weighted by Crippen LogP contribution is 2.45. The summed E-state index contributed by atoms with van der Waals surface area (Å²) in [6.45, 7) is 0. The van der Waals surface area contributed by atoms with Crippen molar-refractivity contribution in [2.75, 3.05) is 0 Å². The highest BCUT2D eigenvalue weighted by Gasteiger charge is 2.38. The van der Waals surface area contributed by atoms with E-state index in [1.807, 2.05) is 0 Å². The van der Waals surface area contributed by atoms with Gasteiger partial charge in [-0.1, -0.05) is 134 Å². The molecule has 62 heavy (non-hydrogen) atoms. The minimum absolute atomic E-state index is 0.172. The lowest BCUT2D eigenvalue weighted by molar-refractivity contribution is 0.200. The van der Waals surface area contributed by atoms with Crippen LogP contribution in [-0.2, 0) is 12.8 Å². The number of nitrogens with one attached hydrogen (secondary N) is 3. The molecule has 0 aromatic heterocycles. The molecular formula is C58H70N4. The number of hydrogen-bond donors (Lipinski definition) is 3. The number of nitrogens with zero attached hydrogens (tertiary/aromatic N) is 1. The van der Waals surface area contributed by atoms with E-state index in [0.29, 0.717) is 41.9 Å². The number of allylic oxidation sites excluding steroid dienone is 12. The van der Waals surface area contributed by atoms with Crippen LogP contribution in [0.1, 0.15) is 138 Å². The molecule has 3 N–H and O–H groups in total. The van der Waals surface area contributed by atoms with E-state index in [4.69, 9.17) is 4.99 Å². The molecule has 0 radical (unpaired) electrons. The molecule has 7 aliphatic carbocycles. The third kappa shape index (κ3) is 8.56. The van der Waals surface area contributed by atoms with Crippen LogP contribution in [0.2, 0.25) is 0 Å². The van der Waals surface area contributed by atoms with E-state index in [-0.39, 0.29) is 12.1 Å². The number of aliphatic imine (C=N–C) groups is 1. The van der Waals surface area contributed by atoms with Crippen LogP contribution in [0.3, 0.4) is 0 Å². The zero-order chi connectivity index (χ0) is 41.2. The van der Waals surface area contributed by atoms with Crippen LogP contribution in [0.25, 0.3) is 11.1 Å². The van der Waals surface area contributed by atoms with E-state index >= 15 is 0 Å². The monoisotopic (exact) mass is 823 g/mol. The van der Waals surface area contributed by atoms with Crippen LogP contribution in [0.4, 0.5) is 0 Å². The van der Waals surface area contributed by atoms with Crippen molar-refractivity contribution in [1.82, 2.24) is 16.0 Å². The van der Waals surface area contributed by atoms with Crippen LogP contribution in [0.15, 0.2) is 142 Å². The maximum absolute atomic E-state index is 5.62. The first-order valence-electron chi connectivity index (χ1n) is 25.3. The fourth-order valence-corrected chi connectivity index (χ4v) is 13.2. The molecule has 9 aliphatic rings. The molecule has 0 amide bonds. The second kappa shape index (κ2) is 18.5. The Balaban J connectivity index is 0.944. The molecule has 8 atom stereocenters. The van der Waals surface area contributed by atoms with Crippen molar-refractivity contribution in [1.29, 1.82) is 0 Å². The summed E-state index contributed by atoms with van der Waals surface area (Å²) in [5.74, 6) is 4.02. The molecule has 0 spiro atoms.